The fourth-order valence-electron chi connectivity index (χ4n) is 2.99. The van der Waals surface area contributed by atoms with Crippen molar-refractivity contribution < 1.29 is 0 Å². The second-order valence-electron chi connectivity index (χ2n) is 5.73. The number of rotatable bonds is 3. The van der Waals surface area contributed by atoms with E-state index in [0.29, 0.717) is 6.04 Å². The summed E-state index contributed by atoms with van der Waals surface area (Å²) in [6.07, 6.45) is 3.88. The summed E-state index contributed by atoms with van der Waals surface area (Å²) >= 11 is 7.66. The Morgan fingerprint density at radius 3 is 2.70 bits per heavy atom. The Bertz CT molecular complexity index is 809. The number of hydrogen-bond donors (Lipinski definition) is 2. The molecule has 2 aromatic heterocycles. The van der Waals surface area contributed by atoms with Gasteiger partial charge in [0, 0.05) is 22.0 Å². The average molecular weight is 345 g/mol. The van der Waals surface area contributed by atoms with Crippen LogP contribution >= 0.6 is 22.9 Å². The van der Waals surface area contributed by atoms with E-state index in [1.165, 1.54) is 5.56 Å². The molecule has 2 N–H and O–H groups in total. The lowest BCUT2D eigenvalue weighted by Crippen LogP contribution is -2.35. The summed E-state index contributed by atoms with van der Waals surface area (Å²) in [5.74, 6) is 0.938. The molecule has 1 aliphatic heterocycles. The van der Waals surface area contributed by atoms with Crippen LogP contribution in [0.5, 0.6) is 0 Å². The van der Waals surface area contributed by atoms with Crippen LogP contribution in [0.25, 0.3) is 21.3 Å². The van der Waals surface area contributed by atoms with Crippen LogP contribution in [-0.2, 0) is 0 Å². The summed E-state index contributed by atoms with van der Waals surface area (Å²) < 4.78 is 0. The third-order valence-electron chi connectivity index (χ3n) is 4.21. The molecule has 1 aromatic carbocycles. The van der Waals surface area contributed by atoms with Gasteiger partial charge >= 0.3 is 0 Å². The molecule has 4 nitrogen and oxygen atoms in total. The zero-order chi connectivity index (χ0) is 15.6. The Hall–Kier alpha value is -1.69. The second kappa shape index (κ2) is 6.43. The van der Waals surface area contributed by atoms with Gasteiger partial charge in [0.1, 0.15) is 17.0 Å². The smallest absolute Gasteiger partial charge is 0.139 e. The first-order valence-corrected chi connectivity index (χ1v) is 9.02. The van der Waals surface area contributed by atoms with Crippen LogP contribution in [-0.4, -0.2) is 29.1 Å². The third-order valence-corrected chi connectivity index (χ3v) is 5.34. The molecule has 0 radical (unpaired) electrons. The van der Waals surface area contributed by atoms with Crippen LogP contribution in [0.3, 0.4) is 0 Å². The molecule has 0 saturated carbocycles. The van der Waals surface area contributed by atoms with Gasteiger partial charge in [0.2, 0.25) is 0 Å². The van der Waals surface area contributed by atoms with Crippen molar-refractivity contribution in [2.75, 3.05) is 18.4 Å². The maximum Gasteiger partial charge on any atom is 0.139 e. The summed E-state index contributed by atoms with van der Waals surface area (Å²) in [6.45, 7) is 2.11. The van der Waals surface area contributed by atoms with Crippen molar-refractivity contribution in [2.24, 2.45) is 0 Å². The van der Waals surface area contributed by atoms with Crippen LogP contribution in [0.15, 0.2) is 36.0 Å². The Balaban J connectivity index is 1.75. The topological polar surface area (TPSA) is 49.8 Å². The number of hydrogen-bond acceptors (Lipinski definition) is 5. The summed E-state index contributed by atoms with van der Waals surface area (Å²) in [7, 11) is 0. The van der Waals surface area contributed by atoms with Crippen LogP contribution in [0, 0.1) is 0 Å². The molecular formula is C17H17ClN4S. The number of nitrogens with one attached hydrogen (secondary N) is 2. The fraction of sp³-hybridized carbons (Fsp3) is 0.294. The van der Waals surface area contributed by atoms with E-state index >= 15 is 0 Å². The van der Waals surface area contributed by atoms with Crippen molar-refractivity contribution in [1.82, 2.24) is 15.3 Å². The first-order valence-electron chi connectivity index (χ1n) is 7.76. The molecular weight excluding hydrogens is 328 g/mol. The number of piperidine rings is 1. The van der Waals surface area contributed by atoms with Crippen LogP contribution < -0.4 is 10.6 Å². The molecule has 0 unspecified atom stereocenters. The minimum atomic E-state index is 0.465. The van der Waals surface area contributed by atoms with Gasteiger partial charge in [0.15, 0.2) is 0 Å². The molecule has 4 rings (SSSR count). The van der Waals surface area contributed by atoms with Crippen LogP contribution in [0.2, 0.25) is 5.02 Å². The molecule has 1 fully saturated rings. The van der Waals surface area contributed by atoms with E-state index in [9.17, 15) is 0 Å². The lowest BCUT2D eigenvalue weighted by molar-refractivity contribution is 0.478. The van der Waals surface area contributed by atoms with Gasteiger partial charge in [0.25, 0.3) is 0 Å². The molecule has 1 saturated heterocycles. The summed E-state index contributed by atoms with van der Waals surface area (Å²) in [6, 6.07) is 8.40. The molecule has 0 atom stereocenters. The number of benzene rings is 1. The largest absolute Gasteiger partial charge is 0.367 e. The molecule has 3 aromatic rings. The highest BCUT2D eigenvalue weighted by Gasteiger charge is 2.17. The first kappa shape index (κ1) is 14.9. The van der Waals surface area contributed by atoms with E-state index in [1.807, 2.05) is 24.3 Å². The first-order chi connectivity index (χ1) is 11.3. The van der Waals surface area contributed by atoms with E-state index in [-0.39, 0.29) is 0 Å². The zero-order valence-electron chi connectivity index (χ0n) is 12.6. The van der Waals surface area contributed by atoms with Crippen molar-refractivity contribution >= 4 is 39.0 Å². The van der Waals surface area contributed by atoms with Gasteiger partial charge < -0.3 is 10.6 Å². The minimum Gasteiger partial charge on any atom is -0.367 e. The molecule has 0 spiro atoms. The second-order valence-corrected chi connectivity index (χ2v) is 7.02. The van der Waals surface area contributed by atoms with Crippen molar-refractivity contribution in [2.45, 2.75) is 18.9 Å². The van der Waals surface area contributed by atoms with Gasteiger partial charge in [-0.05, 0) is 43.6 Å². The predicted molar refractivity (Wildman–Crippen MR) is 97.4 cm³/mol. The average Bonchev–Trinajstić information content (AvgIpc) is 3.02. The standard InChI is InChI=1S/C17H17ClN4S/c18-12-3-1-11(2-4-12)14-9-23-17-15(14)16(20-10-21-17)22-13-5-7-19-8-6-13/h1-4,9-10,13,19H,5-8H2,(H,20,21,22). The Morgan fingerprint density at radius 1 is 1.13 bits per heavy atom. The van der Waals surface area contributed by atoms with Crippen LogP contribution in [0.4, 0.5) is 5.82 Å². The quantitative estimate of drug-likeness (QED) is 0.748. The Kier molecular flexibility index (Phi) is 4.16. The van der Waals surface area contributed by atoms with E-state index in [1.54, 1.807) is 17.7 Å². The number of anilines is 1. The predicted octanol–water partition coefficient (Wildman–Crippen LogP) is 4.18. The van der Waals surface area contributed by atoms with Crippen molar-refractivity contribution in [3.8, 4) is 11.1 Å². The highest BCUT2D eigenvalue weighted by molar-refractivity contribution is 7.17. The maximum atomic E-state index is 6.01. The van der Waals surface area contributed by atoms with Gasteiger partial charge in [-0.2, -0.15) is 0 Å². The van der Waals surface area contributed by atoms with E-state index in [4.69, 9.17) is 11.6 Å². The molecule has 0 bridgehead atoms. The van der Waals surface area contributed by atoms with Crippen molar-refractivity contribution in [1.29, 1.82) is 0 Å². The van der Waals surface area contributed by atoms with E-state index < -0.39 is 0 Å². The summed E-state index contributed by atoms with van der Waals surface area (Å²) in [4.78, 5) is 9.96. The number of thiophene rings is 1. The molecule has 1 aliphatic rings. The SMILES string of the molecule is Clc1ccc(-c2csc3ncnc(NC4CCNCC4)c23)cc1. The van der Waals surface area contributed by atoms with Gasteiger partial charge in [0.05, 0.1) is 5.39 Å². The number of fused-ring (bicyclic) bond motifs is 1. The molecule has 0 amide bonds. The summed E-state index contributed by atoms with van der Waals surface area (Å²) in [5, 5.41) is 11.0. The zero-order valence-corrected chi connectivity index (χ0v) is 14.1. The number of halogens is 1. The third kappa shape index (κ3) is 3.04. The highest BCUT2D eigenvalue weighted by atomic mass is 35.5. The monoisotopic (exact) mass is 344 g/mol. The molecule has 118 valence electrons. The van der Waals surface area contributed by atoms with Gasteiger partial charge in [-0.25, -0.2) is 9.97 Å². The molecule has 0 aliphatic carbocycles. The highest BCUT2D eigenvalue weighted by Crippen LogP contribution is 2.37. The van der Waals surface area contributed by atoms with Gasteiger partial charge in [-0.15, -0.1) is 11.3 Å². The maximum absolute atomic E-state index is 6.01. The molecule has 3 heterocycles. The Labute approximate surface area is 143 Å². The van der Waals surface area contributed by atoms with Gasteiger partial charge in [-0.3, -0.25) is 0 Å². The van der Waals surface area contributed by atoms with E-state index in [0.717, 1.165) is 52.6 Å². The summed E-state index contributed by atoms with van der Waals surface area (Å²) in [5.41, 5.74) is 2.31. The number of nitrogens with zero attached hydrogens (tertiary/aromatic N) is 2. The van der Waals surface area contributed by atoms with E-state index in [2.05, 4.69) is 26.0 Å². The van der Waals surface area contributed by atoms with Crippen molar-refractivity contribution in [3.05, 3.63) is 41.0 Å². The van der Waals surface area contributed by atoms with Gasteiger partial charge in [-0.1, -0.05) is 23.7 Å². The lowest BCUT2D eigenvalue weighted by Gasteiger charge is -2.24. The number of aromatic nitrogens is 2. The molecule has 23 heavy (non-hydrogen) atoms. The minimum absolute atomic E-state index is 0.465. The Morgan fingerprint density at radius 2 is 1.91 bits per heavy atom. The van der Waals surface area contributed by atoms with Crippen LogP contribution in [0.1, 0.15) is 12.8 Å². The van der Waals surface area contributed by atoms with Crippen molar-refractivity contribution in [3.63, 3.8) is 0 Å². The normalized spacial score (nSPS) is 15.9. The fourth-order valence-corrected chi connectivity index (χ4v) is 4.03. The lowest BCUT2D eigenvalue weighted by atomic mass is 10.0. The molecule has 6 heteroatoms.